The van der Waals surface area contributed by atoms with Crippen molar-refractivity contribution in [1.82, 2.24) is 15.5 Å². The molecule has 2 amide bonds. The second-order valence-electron chi connectivity index (χ2n) is 7.88. The van der Waals surface area contributed by atoms with Gasteiger partial charge >= 0.3 is 0 Å². The Labute approximate surface area is 172 Å². The predicted octanol–water partition coefficient (Wildman–Crippen LogP) is 3.12. The molecular weight excluding hydrogens is 385 g/mol. The molecule has 1 aromatic carbocycles. The lowest BCUT2D eigenvalue weighted by Crippen LogP contribution is -2.48. The van der Waals surface area contributed by atoms with Crippen molar-refractivity contribution in [1.29, 1.82) is 0 Å². The smallest absolute Gasteiger partial charge is 0.253 e. The second kappa shape index (κ2) is 9.76. The van der Waals surface area contributed by atoms with Crippen LogP contribution in [0.15, 0.2) is 24.3 Å². The SMILES string of the molecule is CC1(CNC(=O)C2CCCN(C(=O)c3ccc(Cl)cc3)C2)CCNCC1.Cl. The van der Waals surface area contributed by atoms with Crippen LogP contribution in [-0.4, -0.2) is 49.4 Å². The first kappa shape index (κ1) is 22.0. The largest absolute Gasteiger partial charge is 0.355 e. The van der Waals surface area contributed by atoms with Crippen LogP contribution in [-0.2, 0) is 4.79 Å². The number of benzene rings is 1. The van der Waals surface area contributed by atoms with Crippen LogP contribution < -0.4 is 10.6 Å². The molecule has 0 bridgehead atoms. The van der Waals surface area contributed by atoms with Crippen LogP contribution in [0.1, 0.15) is 43.0 Å². The Balaban J connectivity index is 0.00000261. The lowest BCUT2D eigenvalue weighted by atomic mass is 9.81. The fourth-order valence-corrected chi connectivity index (χ4v) is 3.93. The van der Waals surface area contributed by atoms with E-state index in [0.29, 0.717) is 23.7 Å². The van der Waals surface area contributed by atoms with Gasteiger partial charge in [0.25, 0.3) is 5.91 Å². The molecule has 0 aromatic heterocycles. The van der Waals surface area contributed by atoms with E-state index in [1.54, 1.807) is 29.2 Å². The molecule has 7 heteroatoms. The normalized spacial score (nSPS) is 21.9. The van der Waals surface area contributed by atoms with Crippen molar-refractivity contribution in [2.24, 2.45) is 11.3 Å². The van der Waals surface area contributed by atoms with Crippen molar-refractivity contribution in [3.05, 3.63) is 34.9 Å². The zero-order valence-electron chi connectivity index (χ0n) is 15.8. The van der Waals surface area contributed by atoms with Crippen molar-refractivity contribution in [3.63, 3.8) is 0 Å². The van der Waals surface area contributed by atoms with Crippen LogP contribution in [0, 0.1) is 11.3 Å². The molecule has 0 saturated carbocycles. The van der Waals surface area contributed by atoms with Crippen LogP contribution in [0.3, 0.4) is 0 Å². The summed E-state index contributed by atoms with van der Waals surface area (Å²) in [5, 5.41) is 7.12. The number of nitrogens with one attached hydrogen (secondary N) is 2. The number of carbonyl (C=O) groups excluding carboxylic acids is 2. The Bertz CT molecular complexity index is 645. The van der Waals surface area contributed by atoms with E-state index in [-0.39, 0.29) is 35.6 Å². The average molecular weight is 414 g/mol. The molecule has 27 heavy (non-hydrogen) atoms. The maximum absolute atomic E-state index is 12.7. The number of halogens is 2. The van der Waals surface area contributed by atoms with Crippen LogP contribution in [0.25, 0.3) is 0 Å². The highest BCUT2D eigenvalue weighted by atomic mass is 35.5. The lowest BCUT2D eigenvalue weighted by molar-refractivity contribution is -0.126. The molecule has 0 spiro atoms. The number of amides is 2. The van der Waals surface area contributed by atoms with E-state index in [2.05, 4.69) is 17.6 Å². The quantitative estimate of drug-likeness (QED) is 0.796. The second-order valence-corrected chi connectivity index (χ2v) is 8.31. The highest BCUT2D eigenvalue weighted by molar-refractivity contribution is 6.30. The van der Waals surface area contributed by atoms with Crippen LogP contribution in [0.2, 0.25) is 5.02 Å². The summed E-state index contributed by atoms with van der Waals surface area (Å²) in [7, 11) is 0. The number of likely N-dealkylation sites (tertiary alicyclic amines) is 1. The summed E-state index contributed by atoms with van der Waals surface area (Å²) in [6.45, 7) is 6.18. The molecule has 0 aliphatic carbocycles. The average Bonchev–Trinajstić information content (AvgIpc) is 2.67. The number of carbonyl (C=O) groups is 2. The van der Waals surface area contributed by atoms with Crippen LogP contribution >= 0.6 is 24.0 Å². The minimum atomic E-state index is -0.120. The van der Waals surface area contributed by atoms with Gasteiger partial charge in [-0.1, -0.05) is 18.5 Å². The van der Waals surface area contributed by atoms with E-state index < -0.39 is 0 Å². The minimum absolute atomic E-state index is 0. The summed E-state index contributed by atoms with van der Waals surface area (Å²) in [6, 6.07) is 6.93. The molecule has 0 radical (unpaired) electrons. The summed E-state index contributed by atoms with van der Waals surface area (Å²) in [4.78, 5) is 27.1. The van der Waals surface area contributed by atoms with Gasteiger partial charge in [-0.3, -0.25) is 9.59 Å². The molecule has 1 aromatic rings. The Morgan fingerprint density at radius 1 is 1.26 bits per heavy atom. The molecule has 150 valence electrons. The molecule has 2 N–H and O–H groups in total. The van der Waals surface area contributed by atoms with E-state index in [1.807, 2.05) is 0 Å². The molecule has 2 saturated heterocycles. The third-order valence-corrected chi connectivity index (χ3v) is 5.92. The van der Waals surface area contributed by atoms with E-state index in [9.17, 15) is 9.59 Å². The highest BCUT2D eigenvalue weighted by Gasteiger charge is 2.31. The monoisotopic (exact) mass is 413 g/mol. The number of piperidine rings is 2. The van der Waals surface area contributed by atoms with Gasteiger partial charge in [0, 0.05) is 30.2 Å². The van der Waals surface area contributed by atoms with Gasteiger partial charge in [0.05, 0.1) is 5.92 Å². The zero-order valence-corrected chi connectivity index (χ0v) is 17.4. The Kier molecular flexibility index (Phi) is 7.95. The third kappa shape index (κ3) is 5.84. The molecule has 2 fully saturated rings. The van der Waals surface area contributed by atoms with Crippen molar-refractivity contribution in [2.45, 2.75) is 32.6 Å². The molecule has 2 heterocycles. The van der Waals surface area contributed by atoms with Gasteiger partial charge < -0.3 is 15.5 Å². The number of hydrogen-bond acceptors (Lipinski definition) is 3. The van der Waals surface area contributed by atoms with Gasteiger partial charge in [0.2, 0.25) is 5.91 Å². The summed E-state index contributed by atoms with van der Waals surface area (Å²) in [5.74, 6) is -0.0619. The maximum atomic E-state index is 12.7. The zero-order chi connectivity index (χ0) is 18.6. The van der Waals surface area contributed by atoms with E-state index in [1.165, 1.54) is 0 Å². The summed E-state index contributed by atoms with van der Waals surface area (Å²) < 4.78 is 0. The first-order valence-electron chi connectivity index (χ1n) is 9.50. The summed E-state index contributed by atoms with van der Waals surface area (Å²) in [6.07, 6.45) is 3.87. The Hall–Kier alpha value is -1.30. The summed E-state index contributed by atoms with van der Waals surface area (Å²) in [5.41, 5.74) is 0.798. The van der Waals surface area contributed by atoms with Crippen molar-refractivity contribution < 1.29 is 9.59 Å². The standard InChI is InChI=1S/C20H28ClN3O2.ClH/c1-20(8-10-22-11-9-20)14-23-18(25)16-3-2-12-24(13-16)19(26)15-4-6-17(21)7-5-15;/h4-7,16,22H,2-3,8-14H2,1H3,(H,23,25);1H. The van der Waals surface area contributed by atoms with Gasteiger partial charge in [-0.15, -0.1) is 12.4 Å². The van der Waals surface area contributed by atoms with Crippen molar-refractivity contribution in [3.8, 4) is 0 Å². The maximum Gasteiger partial charge on any atom is 0.253 e. The van der Waals surface area contributed by atoms with Gasteiger partial charge in [-0.25, -0.2) is 0 Å². The van der Waals surface area contributed by atoms with Crippen molar-refractivity contribution in [2.75, 3.05) is 32.7 Å². The predicted molar refractivity (Wildman–Crippen MR) is 111 cm³/mol. The molecular formula is C20H29Cl2N3O2. The Morgan fingerprint density at radius 2 is 1.93 bits per heavy atom. The van der Waals surface area contributed by atoms with Gasteiger partial charge in [-0.2, -0.15) is 0 Å². The van der Waals surface area contributed by atoms with Crippen LogP contribution in [0.5, 0.6) is 0 Å². The molecule has 2 aliphatic rings. The molecule has 3 rings (SSSR count). The van der Waals surface area contributed by atoms with E-state index >= 15 is 0 Å². The molecule has 5 nitrogen and oxygen atoms in total. The topological polar surface area (TPSA) is 61.4 Å². The van der Waals surface area contributed by atoms with Gasteiger partial charge in [0.1, 0.15) is 0 Å². The fourth-order valence-electron chi connectivity index (χ4n) is 3.80. The molecule has 1 atom stereocenters. The van der Waals surface area contributed by atoms with Gasteiger partial charge in [-0.05, 0) is 68.5 Å². The lowest BCUT2D eigenvalue weighted by Gasteiger charge is -2.36. The first-order chi connectivity index (χ1) is 12.5. The Morgan fingerprint density at radius 3 is 2.59 bits per heavy atom. The molecule has 1 unspecified atom stereocenters. The minimum Gasteiger partial charge on any atom is -0.355 e. The van der Waals surface area contributed by atoms with Crippen molar-refractivity contribution >= 4 is 35.8 Å². The summed E-state index contributed by atoms with van der Waals surface area (Å²) >= 11 is 5.90. The highest BCUT2D eigenvalue weighted by Crippen LogP contribution is 2.27. The first-order valence-corrected chi connectivity index (χ1v) is 9.88. The number of hydrogen-bond donors (Lipinski definition) is 2. The van der Waals surface area contributed by atoms with Crippen LogP contribution in [0.4, 0.5) is 0 Å². The number of nitrogens with zero attached hydrogens (tertiary/aromatic N) is 1. The van der Waals surface area contributed by atoms with Gasteiger partial charge in [0.15, 0.2) is 0 Å². The van der Waals surface area contributed by atoms with E-state index in [4.69, 9.17) is 11.6 Å². The molecule has 2 aliphatic heterocycles. The van der Waals surface area contributed by atoms with E-state index in [0.717, 1.165) is 45.3 Å². The number of rotatable bonds is 4. The third-order valence-electron chi connectivity index (χ3n) is 5.67. The fraction of sp³-hybridized carbons (Fsp3) is 0.600.